The van der Waals surface area contributed by atoms with Crippen LogP contribution in [0.1, 0.15) is 32.3 Å². The van der Waals surface area contributed by atoms with E-state index in [2.05, 4.69) is 24.3 Å². The smallest absolute Gasteiger partial charge is 0.221 e. The SMILES string of the molecule is Cc1cnn(CCC(=O)NC[C@H]2CCO[C@@H]2C(C)C)c1. The van der Waals surface area contributed by atoms with Gasteiger partial charge >= 0.3 is 0 Å². The van der Waals surface area contributed by atoms with Gasteiger partial charge in [0.25, 0.3) is 0 Å². The van der Waals surface area contributed by atoms with Gasteiger partial charge in [-0.2, -0.15) is 5.10 Å². The molecule has 1 N–H and O–H groups in total. The summed E-state index contributed by atoms with van der Waals surface area (Å²) in [6.45, 7) is 8.51. The molecule has 0 unspecified atom stereocenters. The van der Waals surface area contributed by atoms with E-state index in [0.29, 0.717) is 24.8 Å². The predicted octanol–water partition coefficient (Wildman–Crippen LogP) is 1.76. The number of ether oxygens (including phenoxy) is 1. The molecule has 5 nitrogen and oxygen atoms in total. The summed E-state index contributed by atoms with van der Waals surface area (Å²) < 4.78 is 7.54. The van der Waals surface area contributed by atoms with Gasteiger partial charge in [-0.05, 0) is 24.8 Å². The Labute approximate surface area is 120 Å². The molecule has 1 amide bonds. The van der Waals surface area contributed by atoms with Crippen molar-refractivity contribution in [1.29, 1.82) is 0 Å². The second kappa shape index (κ2) is 6.88. The van der Waals surface area contributed by atoms with E-state index in [9.17, 15) is 4.79 Å². The molecule has 1 aromatic rings. The molecule has 1 saturated heterocycles. The molecule has 1 fully saturated rings. The quantitative estimate of drug-likeness (QED) is 0.863. The van der Waals surface area contributed by atoms with Crippen LogP contribution in [0.3, 0.4) is 0 Å². The first-order chi connectivity index (χ1) is 9.56. The summed E-state index contributed by atoms with van der Waals surface area (Å²) in [6.07, 6.45) is 5.56. The molecule has 2 rings (SSSR count). The first-order valence-corrected chi connectivity index (χ1v) is 7.43. The fourth-order valence-corrected chi connectivity index (χ4v) is 2.75. The van der Waals surface area contributed by atoms with Gasteiger partial charge < -0.3 is 10.1 Å². The number of nitrogens with one attached hydrogen (secondary N) is 1. The molecule has 20 heavy (non-hydrogen) atoms. The van der Waals surface area contributed by atoms with Crippen LogP contribution in [-0.2, 0) is 16.1 Å². The van der Waals surface area contributed by atoms with Crippen LogP contribution in [0, 0.1) is 18.8 Å². The van der Waals surface area contributed by atoms with Crippen LogP contribution in [0.4, 0.5) is 0 Å². The Morgan fingerprint density at radius 2 is 2.40 bits per heavy atom. The zero-order chi connectivity index (χ0) is 14.5. The first kappa shape index (κ1) is 15.0. The highest BCUT2D eigenvalue weighted by Crippen LogP contribution is 2.26. The highest BCUT2D eigenvalue weighted by molar-refractivity contribution is 5.75. The zero-order valence-electron chi connectivity index (χ0n) is 12.6. The summed E-state index contributed by atoms with van der Waals surface area (Å²) >= 11 is 0. The van der Waals surface area contributed by atoms with Crippen molar-refractivity contribution in [3.05, 3.63) is 18.0 Å². The molecule has 0 aliphatic carbocycles. The van der Waals surface area contributed by atoms with Crippen LogP contribution in [0.15, 0.2) is 12.4 Å². The van der Waals surface area contributed by atoms with E-state index in [-0.39, 0.29) is 12.0 Å². The van der Waals surface area contributed by atoms with Crippen LogP contribution in [0.5, 0.6) is 0 Å². The van der Waals surface area contributed by atoms with Crippen molar-refractivity contribution in [1.82, 2.24) is 15.1 Å². The van der Waals surface area contributed by atoms with Gasteiger partial charge in [0.2, 0.25) is 5.91 Å². The molecular formula is C15H25N3O2. The van der Waals surface area contributed by atoms with Crippen molar-refractivity contribution < 1.29 is 9.53 Å². The maximum Gasteiger partial charge on any atom is 0.221 e. The van der Waals surface area contributed by atoms with E-state index in [1.165, 1.54) is 0 Å². The average molecular weight is 279 g/mol. The minimum atomic E-state index is 0.0903. The van der Waals surface area contributed by atoms with E-state index in [1.807, 2.05) is 17.8 Å². The van der Waals surface area contributed by atoms with Gasteiger partial charge in [0.1, 0.15) is 0 Å². The summed E-state index contributed by atoms with van der Waals surface area (Å²) in [5.74, 6) is 1.05. The molecule has 5 heteroatoms. The molecule has 1 aliphatic rings. The van der Waals surface area contributed by atoms with Crippen LogP contribution in [-0.4, -0.2) is 34.9 Å². The van der Waals surface area contributed by atoms with Gasteiger partial charge in [-0.3, -0.25) is 9.48 Å². The standard InChI is InChI=1S/C15H25N3O2/c1-11(2)15-13(5-7-20-15)9-16-14(19)4-6-18-10-12(3)8-17-18/h8,10-11,13,15H,4-7,9H2,1-3H3,(H,16,19)/t13-,15-/m1/s1. The normalized spacial score (nSPS) is 22.4. The first-order valence-electron chi connectivity index (χ1n) is 7.43. The lowest BCUT2D eigenvalue weighted by Crippen LogP contribution is -2.35. The number of amides is 1. The number of hydrogen-bond donors (Lipinski definition) is 1. The van der Waals surface area contributed by atoms with Crippen molar-refractivity contribution in [3.8, 4) is 0 Å². The molecule has 0 saturated carbocycles. The second-order valence-electron chi connectivity index (χ2n) is 5.96. The number of carbonyl (C=O) groups excluding carboxylic acids is 1. The fourth-order valence-electron chi connectivity index (χ4n) is 2.75. The number of hydrogen-bond acceptors (Lipinski definition) is 3. The van der Waals surface area contributed by atoms with E-state index >= 15 is 0 Å². The van der Waals surface area contributed by atoms with E-state index < -0.39 is 0 Å². The number of aromatic nitrogens is 2. The van der Waals surface area contributed by atoms with Gasteiger partial charge in [0, 0.05) is 38.2 Å². The third-order valence-electron chi connectivity index (χ3n) is 3.81. The maximum absolute atomic E-state index is 11.9. The van der Waals surface area contributed by atoms with Gasteiger partial charge in [-0.25, -0.2) is 0 Å². The number of nitrogens with zero attached hydrogens (tertiary/aromatic N) is 2. The second-order valence-corrected chi connectivity index (χ2v) is 5.96. The van der Waals surface area contributed by atoms with Crippen molar-refractivity contribution in [3.63, 3.8) is 0 Å². The molecule has 1 aliphatic heterocycles. The fraction of sp³-hybridized carbons (Fsp3) is 0.733. The highest BCUT2D eigenvalue weighted by Gasteiger charge is 2.30. The molecule has 0 radical (unpaired) electrons. The lowest BCUT2D eigenvalue weighted by Gasteiger charge is -2.22. The minimum Gasteiger partial charge on any atom is -0.378 e. The average Bonchev–Trinajstić information content (AvgIpc) is 3.02. The number of carbonyl (C=O) groups is 1. The van der Waals surface area contributed by atoms with Crippen LogP contribution in [0.25, 0.3) is 0 Å². The topological polar surface area (TPSA) is 56.2 Å². The Balaban J connectivity index is 1.69. The third-order valence-corrected chi connectivity index (χ3v) is 3.81. The van der Waals surface area contributed by atoms with Gasteiger partial charge in [-0.1, -0.05) is 13.8 Å². The lowest BCUT2D eigenvalue weighted by molar-refractivity contribution is -0.121. The van der Waals surface area contributed by atoms with Crippen LogP contribution < -0.4 is 5.32 Å². The zero-order valence-corrected chi connectivity index (χ0v) is 12.6. The molecule has 2 atom stereocenters. The Hall–Kier alpha value is -1.36. The molecule has 112 valence electrons. The minimum absolute atomic E-state index is 0.0903. The molecule has 0 aromatic carbocycles. The lowest BCUT2D eigenvalue weighted by atomic mass is 9.93. The van der Waals surface area contributed by atoms with Gasteiger partial charge in [0.05, 0.1) is 12.3 Å². The van der Waals surface area contributed by atoms with Crippen molar-refractivity contribution in [2.24, 2.45) is 11.8 Å². The Bertz CT molecular complexity index is 442. The number of rotatable bonds is 6. The monoisotopic (exact) mass is 279 g/mol. The predicted molar refractivity (Wildman–Crippen MR) is 77.3 cm³/mol. The summed E-state index contributed by atoms with van der Waals surface area (Å²) in [5, 5.41) is 7.20. The molecule has 0 spiro atoms. The molecular weight excluding hydrogens is 254 g/mol. The Morgan fingerprint density at radius 1 is 1.60 bits per heavy atom. The molecule has 0 bridgehead atoms. The Morgan fingerprint density at radius 3 is 3.05 bits per heavy atom. The van der Waals surface area contributed by atoms with Crippen LogP contribution in [0.2, 0.25) is 0 Å². The van der Waals surface area contributed by atoms with Crippen molar-refractivity contribution in [2.45, 2.75) is 46.3 Å². The number of aryl methyl sites for hydroxylation is 2. The summed E-state index contributed by atoms with van der Waals surface area (Å²) in [6, 6.07) is 0. The van der Waals surface area contributed by atoms with Crippen molar-refractivity contribution in [2.75, 3.05) is 13.2 Å². The van der Waals surface area contributed by atoms with E-state index in [1.54, 1.807) is 6.20 Å². The Kier molecular flexibility index (Phi) is 5.17. The summed E-state index contributed by atoms with van der Waals surface area (Å²) in [7, 11) is 0. The maximum atomic E-state index is 11.9. The van der Waals surface area contributed by atoms with E-state index in [0.717, 1.165) is 25.1 Å². The summed E-state index contributed by atoms with van der Waals surface area (Å²) in [4.78, 5) is 11.9. The molecule has 1 aromatic heterocycles. The van der Waals surface area contributed by atoms with Crippen molar-refractivity contribution >= 4 is 5.91 Å². The highest BCUT2D eigenvalue weighted by atomic mass is 16.5. The van der Waals surface area contributed by atoms with Gasteiger partial charge in [0.15, 0.2) is 0 Å². The largest absolute Gasteiger partial charge is 0.378 e. The summed E-state index contributed by atoms with van der Waals surface area (Å²) in [5.41, 5.74) is 1.12. The van der Waals surface area contributed by atoms with Crippen LogP contribution >= 0.6 is 0 Å². The van der Waals surface area contributed by atoms with E-state index in [4.69, 9.17) is 4.74 Å². The van der Waals surface area contributed by atoms with Gasteiger partial charge in [-0.15, -0.1) is 0 Å². The molecule has 2 heterocycles. The third kappa shape index (κ3) is 4.07.